The van der Waals surface area contributed by atoms with Crippen LogP contribution < -0.4 is 14.4 Å². The Bertz CT molecular complexity index is 1230. The molecular formula is C27H32N2O4S. The van der Waals surface area contributed by atoms with Gasteiger partial charge in [0.15, 0.2) is 6.61 Å². The summed E-state index contributed by atoms with van der Waals surface area (Å²) in [7, 11) is -3.49. The van der Waals surface area contributed by atoms with Crippen LogP contribution in [0.2, 0.25) is 0 Å². The first-order chi connectivity index (χ1) is 16.0. The van der Waals surface area contributed by atoms with E-state index in [-0.39, 0.29) is 25.0 Å². The van der Waals surface area contributed by atoms with Crippen LogP contribution in [0.4, 0.5) is 11.4 Å². The van der Waals surface area contributed by atoms with Crippen LogP contribution in [0.15, 0.2) is 66.7 Å². The molecule has 0 aliphatic rings. The Morgan fingerprint density at radius 2 is 1.62 bits per heavy atom. The summed E-state index contributed by atoms with van der Waals surface area (Å²) >= 11 is 0. The van der Waals surface area contributed by atoms with Crippen LogP contribution >= 0.6 is 0 Å². The largest absolute Gasteiger partial charge is 0.484 e. The van der Waals surface area contributed by atoms with E-state index in [1.807, 2.05) is 56.3 Å². The highest BCUT2D eigenvalue weighted by Crippen LogP contribution is 2.28. The number of rotatable bonds is 9. The Kier molecular flexibility index (Phi) is 7.99. The third-order valence-electron chi connectivity index (χ3n) is 5.53. The number of anilines is 2. The average molecular weight is 481 g/mol. The average Bonchev–Trinajstić information content (AvgIpc) is 2.78. The van der Waals surface area contributed by atoms with E-state index in [1.165, 1.54) is 10.6 Å². The topological polar surface area (TPSA) is 75.7 Å². The van der Waals surface area contributed by atoms with Crippen molar-refractivity contribution in [3.05, 3.63) is 89.0 Å². The first kappa shape index (κ1) is 25.3. The van der Waals surface area contributed by atoms with Gasteiger partial charge in [-0.25, -0.2) is 8.42 Å². The van der Waals surface area contributed by atoms with E-state index in [0.717, 1.165) is 27.9 Å². The van der Waals surface area contributed by atoms with Gasteiger partial charge in [-0.2, -0.15) is 0 Å². The molecule has 1 N–H and O–H groups in total. The van der Waals surface area contributed by atoms with Crippen molar-refractivity contribution in [2.75, 3.05) is 22.5 Å². The highest BCUT2D eigenvalue weighted by molar-refractivity contribution is 7.92. The van der Waals surface area contributed by atoms with Gasteiger partial charge in [0.2, 0.25) is 10.0 Å². The van der Waals surface area contributed by atoms with Crippen LogP contribution in [0.5, 0.6) is 5.75 Å². The Morgan fingerprint density at radius 3 is 2.21 bits per heavy atom. The maximum atomic E-state index is 12.5. The van der Waals surface area contributed by atoms with Crippen LogP contribution in [0.25, 0.3) is 0 Å². The molecule has 3 aromatic carbocycles. The minimum atomic E-state index is -3.49. The van der Waals surface area contributed by atoms with Crippen molar-refractivity contribution in [2.45, 2.75) is 40.2 Å². The summed E-state index contributed by atoms with van der Waals surface area (Å²) in [6.45, 7) is 8.20. The molecule has 180 valence electrons. The summed E-state index contributed by atoms with van der Waals surface area (Å²) in [6, 6.07) is 20.4. The fourth-order valence-electron chi connectivity index (χ4n) is 3.63. The van der Waals surface area contributed by atoms with Crippen molar-refractivity contribution in [3.8, 4) is 5.75 Å². The molecule has 1 amide bonds. The molecule has 0 spiro atoms. The molecule has 7 heteroatoms. The summed E-state index contributed by atoms with van der Waals surface area (Å²) in [4.78, 5) is 12.5. The Morgan fingerprint density at radius 1 is 0.971 bits per heavy atom. The number of carbonyl (C=O) groups excluding carboxylic acids is 1. The van der Waals surface area contributed by atoms with Gasteiger partial charge in [0.25, 0.3) is 5.91 Å². The smallest absolute Gasteiger partial charge is 0.262 e. The van der Waals surface area contributed by atoms with E-state index in [9.17, 15) is 13.2 Å². The molecule has 0 atom stereocenters. The molecule has 0 radical (unpaired) electrons. The Hall–Kier alpha value is -3.32. The lowest BCUT2D eigenvalue weighted by Crippen LogP contribution is -2.29. The molecule has 0 aromatic heterocycles. The van der Waals surface area contributed by atoms with Crippen molar-refractivity contribution < 1.29 is 17.9 Å². The quantitative estimate of drug-likeness (QED) is 0.444. The zero-order valence-corrected chi connectivity index (χ0v) is 21.1. The van der Waals surface area contributed by atoms with Crippen LogP contribution in [-0.2, 0) is 21.4 Å². The number of para-hydroxylation sites is 1. The number of ether oxygens (including phenoxy) is 1. The van der Waals surface area contributed by atoms with Gasteiger partial charge in [-0.15, -0.1) is 0 Å². The van der Waals surface area contributed by atoms with Gasteiger partial charge in [0.05, 0.1) is 18.5 Å². The zero-order chi connectivity index (χ0) is 24.9. The normalized spacial score (nSPS) is 11.4. The van der Waals surface area contributed by atoms with Gasteiger partial charge in [-0.1, -0.05) is 61.9 Å². The first-order valence-corrected chi connectivity index (χ1v) is 13.0. The zero-order valence-electron chi connectivity index (χ0n) is 20.3. The van der Waals surface area contributed by atoms with E-state index in [0.29, 0.717) is 11.4 Å². The number of carbonyl (C=O) groups is 1. The number of amides is 1. The number of aryl methyl sites for hydroxylation is 2. The lowest BCUT2D eigenvalue weighted by Gasteiger charge is -2.23. The predicted octanol–water partition coefficient (Wildman–Crippen LogP) is 5.41. The fraction of sp³-hybridized carbons (Fsp3) is 0.296. The lowest BCUT2D eigenvalue weighted by molar-refractivity contribution is -0.118. The van der Waals surface area contributed by atoms with Gasteiger partial charge in [-0.05, 0) is 60.7 Å². The van der Waals surface area contributed by atoms with Crippen molar-refractivity contribution >= 4 is 27.3 Å². The summed E-state index contributed by atoms with van der Waals surface area (Å²) < 4.78 is 31.8. The number of hydrogen-bond acceptors (Lipinski definition) is 4. The standard InChI is InChI=1S/C27H32N2O4S/c1-19(2)25-8-6-7-21(4)27(25)28-26(30)18-33-24-15-13-23(14-16-24)29(34(5,31)32)17-22-11-9-20(3)10-12-22/h6-16,19H,17-18H2,1-5H3,(H,28,30). The number of nitrogens with zero attached hydrogens (tertiary/aromatic N) is 1. The predicted molar refractivity (Wildman–Crippen MR) is 138 cm³/mol. The van der Waals surface area contributed by atoms with E-state index < -0.39 is 10.0 Å². The molecule has 0 saturated heterocycles. The molecule has 3 rings (SSSR count). The molecule has 0 heterocycles. The minimum absolute atomic E-state index is 0.148. The van der Waals surface area contributed by atoms with Gasteiger partial charge >= 0.3 is 0 Å². The molecule has 0 unspecified atom stereocenters. The molecule has 0 aliphatic heterocycles. The van der Waals surface area contributed by atoms with E-state index >= 15 is 0 Å². The third kappa shape index (κ3) is 6.60. The van der Waals surface area contributed by atoms with Gasteiger partial charge in [0, 0.05) is 5.69 Å². The van der Waals surface area contributed by atoms with Crippen LogP contribution in [0.3, 0.4) is 0 Å². The van der Waals surface area contributed by atoms with E-state index in [4.69, 9.17) is 4.74 Å². The van der Waals surface area contributed by atoms with Crippen molar-refractivity contribution in [2.24, 2.45) is 0 Å². The summed E-state index contributed by atoms with van der Waals surface area (Å²) in [5, 5.41) is 2.96. The maximum absolute atomic E-state index is 12.5. The lowest BCUT2D eigenvalue weighted by atomic mass is 9.98. The Balaban J connectivity index is 1.67. The number of benzene rings is 3. The molecular weight excluding hydrogens is 448 g/mol. The van der Waals surface area contributed by atoms with Gasteiger partial charge in [0.1, 0.15) is 5.75 Å². The highest BCUT2D eigenvalue weighted by atomic mass is 32.2. The van der Waals surface area contributed by atoms with Crippen molar-refractivity contribution in [3.63, 3.8) is 0 Å². The molecule has 6 nitrogen and oxygen atoms in total. The van der Waals surface area contributed by atoms with E-state index in [2.05, 4.69) is 19.2 Å². The maximum Gasteiger partial charge on any atom is 0.262 e. The Labute approximate surface area is 202 Å². The van der Waals surface area contributed by atoms with Crippen LogP contribution in [-0.4, -0.2) is 27.2 Å². The van der Waals surface area contributed by atoms with Crippen LogP contribution in [0.1, 0.15) is 42.0 Å². The van der Waals surface area contributed by atoms with Crippen LogP contribution in [0, 0.1) is 13.8 Å². The second-order valence-electron chi connectivity index (χ2n) is 8.78. The monoisotopic (exact) mass is 480 g/mol. The number of nitrogens with one attached hydrogen (secondary N) is 1. The number of sulfonamides is 1. The molecule has 0 bridgehead atoms. The minimum Gasteiger partial charge on any atom is -0.484 e. The second-order valence-corrected chi connectivity index (χ2v) is 10.7. The molecule has 34 heavy (non-hydrogen) atoms. The van der Waals surface area contributed by atoms with Crippen molar-refractivity contribution in [1.82, 2.24) is 0 Å². The first-order valence-electron chi connectivity index (χ1n) is 11.2. The summed E-state index contributed by atoms with van der Waals surface area (Å²) in [5.74, 6) is 0.510. The molecule has 0 fully saturated rings. The SMILES string of the molecule is Cc1ccc(CN(c2ccc(OCC(=O)Nc3c(C)cccc3C(C)C)cc2)S(C)(=O)=O)cc1. The fourth-order valence-corrected chi connectivity index (χ4v) is 4.52. The molecule has 3 aromatic rings. The van der Waals surface area contributed by atoms with E-state index in [1.54, 1.807) is 24.3 Å². The molecule has 0 aliphatic carbocycles. The highest BCUT2D eigenvalue weighted by Gasteiger charge is 2.18. The summed E-state index contributed by atoms with van der Waals surface area (Å²) in [6.07, 6.45) is 1.19. The number of hydrogen-bond donors (Lipinski definition) is 1. The molecule has 0 saturated carbocycles. The second kappa shape index (κ2) is 10.7. The third-order valence-corrected chi connectivity index (χ3v) is 6.67. The van der Waals surface area contributed by atoms with Gasteiger partial charge in [-0.3, -0.25) is 9.10 Å². The van der Waals surface area contributed by atoms with Crippen molar-refractivity contribution in [1.29, 1.82) is 0 Å². The summed E-state index contributed by atoms with van der Waals surface area (Å²) in [5.41, 5.74) is 5.43. The van der Waals surface area contributed by atoms with Gasteiger partial charge < -0.3 is 10.1 Å².